The number of anilines is 1. The van der Waals surface area contributed by atoms with Gasteiger partial charge in [0, 0.05) is 22.3 Å². The van der Waals surface area contributed by atoms with Crippen LogP contribution in [0.1, 0.15) is 11.1 Å². The minimum Gasteiger partial charge on any atom is -0.320 e. The fraction of sp³-hybridized carbons (Fsp3) is 0.0526. The van der Waals surface area contributed by atoms with Crippen LogP contribution in [0.25, 0.3) is 6.08 Å². The minimum atomic E-state index is -0.253. The highest BCUT2D eigenvalue weighted by atomic mass is 35.5. The summed E-state index contributed by atoms with van der Waals surface area (Å²) in [6.45, 7) is 0.533. The third kappa shape index (κ3) is 4.72. The van der Waals surface area contributed by atoms with Crippen molar-refractivity contribution in [1.82, 2.24) is 9.78 Å². The largest absolute Gasteiger partial charge is 0.320 e. The number of carbonyl (C=O) groups is 1. The van der Waals surface area contributed by atoms with E-state index in [1.165, 1.54) is 6.08 Å². The number of hydrogen-bond acceptors (Lipinski definition) is 2. The van der Waals surface area contributed by atoms with E-state index in [0.717, 1.165) is 11.1 Å². The average Bonchev–Trinajstić information content (AvgIpc) is 3.03. The van der Waals surface area contributed by atoms with Crippen molar-refractivity contribution >= 4 is 40.9 Å². The Morgan fingerprint density at radius 1 is 1.08 bits per heavy atom. The quantitative estimate of drug-likeness (QED) is 0.649. The molecule has 1 N–H and O–H groups in total. The second-order valence-corrected chi connectivity index (χ2v) is 6.18. The number of aromatic nitrogens is 2. The Kier molecular flexibility index (Phi) is 5.53. The van der Waals surface area contributed by atoms with Gasteiger partial charge in [0.25, 0.3) is 0 Å². The van der Waals surface area contributed by atoms with Gasteiger partial charge in [0.15, 0.2) is 0 Å². The van der Waals surface area contributed by atoms with E-state index in [2.05, 4.69) is 10.4 Å². The molecule has 126 valence electrons. The van der Waals surface area contributed by atoms with E-state index in [4.69, 9.17) is 23.2 Å². The van der Waals surface area contributed by atoms with E-state index >= 15 is 0 Å². The molecular weight excluding hydrogens is 357 g/mol. The molecule has 25 heavy (non-hydrogen) atoms. The lowest BCUT2D eigenvalue weighted by atomic mass is 10.2. The molecule has 6 heteroatoms. The third-order valence-corrected chi connectivity index (χ3v) is 4.22. The predicted octanol–water partition coefficient (Wildman–Crippen LogP) is 4.89. The molecule has 0 spiro atoms. The van der Waals surface area contributed by atoms with Crippen molar-refractivity contribution in [3.8, 4) is 0 Å². The van der Waals surface area contributed by atoms with Gasteiger partial charge >= 0.3 is 0 Å². The van der Waals surface area contributed by atoms with Gasteiger partial charge in [-0.1, -0.05) is 59.6 Å². The smallest absolute Gasteiger partial charge is 0.248 e. The van der Waals surface area contributed by atoms with Gasteiger partial charge in [0.05, 0.1) is 18.4 Å². The fourth-order valence-corrected chi connectivity index (χ4v) is 2.67. The molecule has 0 fully saturated rings. The molecule has 1 aromatic heterocycles. The van der Waals surface area contributed by atoms with Crippen molar-refractivity contribution in [2.24, 2.45) is 0 Å². The number of benzene rings is 2. The highest BCUT2D eigenvalue weighted by molar-refractivity contribution is 6.32. The van der Waals surface area contributed by atoms with Crippen molar-refractivity contribution in [1.29, 1.82) is 0 Å². The van der Waals surface area contributed by atoms with E-state index in [0.29, 0.717) is 22.3 Å². The number of halogens is 2. The molecule has 3 rings (SSSR count). The summed E-state index contributed by atoms with van der Waals surface area (Å²) in [5.41, 5.74) is 2.36. The maximum Gasteiger partial charge on any atom is 0.248 e. The molecule has 0 aliphatic carbocycles. The summed E-state index contributed by atoms with van der Waals surface area (Å²) in [5.74, 6) is -0.253. The first-order valence-corrected chi connectivity index (χ1v) is 8.37. The number of rotatable bonds is 5. The molecule has 0 aliphatic rings. The van der Waals surface area contributed by atoms with Crippen molar-refractivity contribution in [3.05, 3.63) is 88.2 Å². The number of nitrogens with zero attached hydrogens (tertiary/aromatic N) is 2. The van der Waals surface area contributed by atoms with Crippen LogP contribution in [0.5, 0.6) is 0 Å². The third-order valence-electron chi connectivity index (χ3n) is 3.51. The Bertz CT molecular complexity index is 918. The molecule has 4 nitrogen and oxygen atoms in total. The summed E-state index contributed by atoms with van der Waals surface area (Å²) < 4.78 is 1.72. The van der Waals surface area contributed by atoms with Crippen LogP contribution < -0.4 is 5.32 Å². The summed E-state index contributed by atoms with van der Waals surface area (Å²) >= 11 is 12.2. The van der Waals surface area contributed by atoms with Gasteiger partial charge in [0.1, 0.15) is 0 Å². The average molecular weight is 372 g/mol. The Morgan fingerprint density at radius 3 is 2.56 bits per heavy atom. The van der Waals surface area contributed by atoms with Crippen LogP contribution in [-0.4, -0.2) is 15.7 Å². The fourth-order valence-electron chi connectivity index (χ4n) is 2.28. The summed E-state index contributed by atoms with van der Waals surface area (Å²) in [5, 5.41) is 8.29. The van der Waals surface area contributed by atoms with Crippen molar-refractivity contribution in [2.45, 2.75) is 6.54 Å². The molecule has 2 aromatic carbocycles. The minimum absolute atomic E-state index is 0.253. The topological polar surface area (TPSA) is 46.9 Å². The van der Waals surface area contributed by atoms with Crippen LogP contribution in [0.3, 0.4) is 0 Å². The van der Waals surface area contributed by atoms with Crippen molar-refractivity contribution in [3.63, 3.8) is 0 Å². The first kappa shape index (κ1) is 17.3. The molecule has 0 radical (unpaired) electrons. The molecule has 1 amide bonds. The van der Waals surface area contributed by atoms with Gasteiger partial charge in [-0.2, -0.15) is 5.10 Å². The Hall–Kier alpha value is -2.56. The van der Waals surface area contributed by atoms with Gasteiger partial charge in [-0.05, 0) is 29.3 Å². The normalized spacial score (nSPS) is 11.0. The second-order valence-electron chi connectivity index (χ2n) is 5.36. The number of nitrogens with one attached hydrogen (secondary N) is 1. The van der Waals surface area contributed by atoms with Crippen LogP contribution in [0.2, 0.25) is 10.0 Å². The predicted molar refractivity (Wildman–Crippen MR) is 102 cm³/mol. The summed E-state index contributed by atoms with van der Waals surface area (Å²) in [6, 6.07) is 14.9. The SMILES string of the molecule is O=C(/C=C/c1ccccc1Cl)Nc1cnn(Cc2ccccc2Cl)c1. The lowest BCUT2D eigenvalue weighted by Gasteiger charge is -2.03. The lowest BCUT2D eigenvalue weighted by molar-refractivity contribution is -0.111. The van der Waals surface area contributed by atoms with Crippen LogP contribution in [-0.2, 0) is 11.3 Å². The van der Waals surface area contributed by atoms with E-state index in [1.807, 2.05) is 42.5 Å². The molecule has 0 atom stereocenters. The molecule has 0 unspecified atom stereocenters. The van der Waals surface area contributed by atoms with Gasteiger partial charge in [-0.15, -0.1) is 0 Å². The zero-order valence-electron chi connectivity index (χ0n) is 13.2. The van der Waals surface area contributed by atoms with E-state index < -0.39 is 0 Å². The van der Waals surface area contributed by atoms with Crippen LogP contribution in [0, 0.1) is 0 Å². The first-order chi connectivity index (χ1) is 12.1. The van der Waals surface area contributed by atoms with Gasteiger partial charge in [-0.25, -0.2) is 0 Å². The maximum absolute atomic E-state index is 12.0. The van der Waals surface area contributed by atoms with E-state index in [1.54, 1.807) is 29.2 Å². The Labute approximate surface area is 155 Å². The van der Waals surface area contributed by atoms with Gasteiger partial charge in [0.2, 0.25) is 5.91 Å². The number of hydrogen-bond donors (Lipinski definition) is 1. The van der Waals surface area contributed by atoms with Crippen molar-refractivity contribution in [2.75, 3.05) is 5.32 Å². The molecule has 0 saturated heterocycles. The summed E-state index contributed by atoms with van der Waals surface area (Å²) in [7, 11) is 0. The number of carbonyl (C=O) groups excluding carboxylic acids is 1. The molecule has 3 aromatic rings. The molecular formula is C19H15Cl2N3O. The Morgan fingerprint density at radius 2 is 1.80 bits per heavy atom. The van der Waals surface area contributed by atoms with E-state index in [-0.39, 0.29) is 5.91 Å². The first-order valence-electron chi connectivity index (χ1n) is 7.61. The zero-order chi connectivity index (χ0) is 17.6. The van der Waals surface area contributed by atoms with Gasteiger partial charge < -0.3 is 5.32 Å². The molecule has 0 saturated carbocycles. The van der Waals surface area contributed by atoms with Crippen LogP contribution in [0.15, 0.2) is 67.0 Å². The highest BCUT2D eigenvalue weighted by Crippen LogP contribution is 2.18. The zero-order valence-corrected chi connectivity index (χ0v) is 14.7. The Balaban J connectivity index is 1.62. The summed E-state index contributed by atoms with van der Waals surface area (Å²) in [4.78, 5) is 12.0. The highest BCUT2D eigenvalue weighted by Gasteiger charge is 2.05. The molecule has 0 bridgehead atoms. The maximum atomic E-state index is 12.0. The molecule has 0 aliphatic heterocycles. The number of amides is 1. The van der Waals surface area contributed by atoms with Crippen LogP contribution in [0.4, 0.5) is 5.69 Å². The van der Waals surface area contributed by atoms with E-state index in [9.17, 15) is 4.79 Å². The monoisotopic (exact) mass is 371 g/mol. The summed E-state index contributed by atoms with van der Waals surface area (Å²) in [6.07, 6.45) is 6.46. The molecule has 1 heterocycles. The standard InChI is InChI=1S/C19H15Cl2N3O/c20-17-7-3-1-5-14(17)9-10-19(25)23-16-11-22-24(13-16)12-15-6-2-4-8-18(15)21/h1-11,13H,12H2,(H,23,25)/b10-9+. The van der Waals surface area contributed by atoms with Crippen LogP contribution >= 0.6 is 23.2 Å². The lowest BCUT2D eigenvalue weighted by Crippen LogP contribution is -2.07. The van der Waals surface area contributed by atoms with Gasteiger partial charge in [-0.3, -0.25) is 9.48 Å². The van der Waals surface area contributed by atoms with Crippen molar-refractivity contribution < 1.29 is 4.79 Å². The second kappa shape index (κ2) is 8.01.